The summed E-state index contributed by atoms with van der Waals surface area (Å²) in [6.45, 7) is 16.2. The van der Waals surface area contributed by atoms with Crippen molar-refractivity contribution in [2.75, 3.05) is 74.2 Å². The van der Waals surface area contributed by atoms with Crippen molar-refractivity contribution in [2.24, 2.45) is 35.0 Å². The van der Waals surface area contributed by atoms with Crippen LogP contribution in [0.3, 0.4) is 0 Å². The molecule has 1 aromatic rings. The van der Waals surface area contributed by atoms with Crippen molar-refractivity contribution in [2.45, 2.75) is 149 Å². The third kappa shape index (κ3) is 14.7. The summed E-state index contributed by atoms with van der Waals surface area (Å²) in [6, 6.07) is 8.07. The molecule has 10 atom stereocenters. The molecule has 0 spiro atoms. The van der Waals surface area contributed by atoms with Crippen molar-refractivity contribution < 1.29 is 52.7 Å². The molecular formula is C56H87N7O11. The summed E-state index contributed by atoms with van der Waals surface area (Å²) in [6.07, 6.45) is 6.06. The van der Waals surface area contributed by atoms with Crippen LogP contribution in [0.1, 0.15) is 124 Å². The van der Waals surface area contributed by atoms with Gasteiger partial charge in [-0.1, -0.05) is 85.2 Å². The lowest BCUT2D eigenvalue weighted by Gasteiger charge is -2.41. The normalized spacial score (nSPS) is 22.6. The molecule has 3 fully saturated rings. The van der Waals surface area contributed by atoms with Crippen LogP contribution >= 0.6 is 0 Å². The van der Waals surface area contributed by atoms with E-state index in [0.717, 1.165) is 29.7 Å². The Morgan fingerprint density at radius 1 is 0.838 bits per heavy atom. The summed E-state index contributed by atoms with van der Waals surface area (Å²) in [5, 5.41) is 6.91. The Labute approximate surface area is 439 Å². The molecule has 0 unspecified atom stereocenters. The van der Waals surface area contributed by atoms with E-state index in [-0.39, 0.29) is 91.4 Å². The minimum absolute atomic E-state index is 0.00899. The second-order valence-electron chi connectivity index (χ2n) is 21.9. The topological polar surface area (TPSA) is 205 Å². The van der Waals surface area contributed by atoms with Crippen LogP contribution in [0.25, 0.3) is 0 Å². The molecule has 1 aromatic carbocycles. The van der Waals surface area contributed by atoms with E-state index in [2.05, 4.69) is 10.6 Å². The molecule has 412 valence electrons. The second kappa shape index (κ2) is 27.7. The zero-order valence-electron chi connectivity index (χ0n) is 46.1. The molecule has 1 aliphatic carbocycles. The van der Waals surface area contributed by atoms with E-state index < -0.39 is 59.4 Å². The first-order valence-electron chi connectivity index (χ1n) is 27.1. The number of hydroxylamine groups is 2. The molecule has 1 saturated carbocycles. The first-order chi connectivity index (χ1) is 35.2. The summed E-state index contributed by atoms with van der Waals surface area (Å²) in [5.74, 6) is -3.13. The molecule has 2 N–H and O–H groups in total. The van der Waals surface area contributed by atoms with E-state index in [1.165, 1.54) is 17.2 Å². The number of amides is 7. The van der Waals surface area contributed by atoms with Gasteiger partial charge in [-0.3, -0.25) is 48.2 Å². The Morgan fingerprint density at radius 3 is 2.11 bits per heavy atom. The van der Waals surface area contributed by atoms with Gasteiger partial charge in [-0.15, -0.1) is 0 Å². The maximum absolute atomic E-state index is 14.8. The van der Waals surface area contributed by atoms with Gasteiger partial charge < -0.3 is 29.9 Å². The van der Waals surface area contributed by atoms with Gasteiger partial charge in [0.05, 0.1) is 48.8 Å². The van der Waals surface area contributed by atoms with Crippen molar-refractivity contribution in [3.05, 3.63) is 48.0 Å². The number of hydrogen-bond acceptors (Lipinski definition) is 12. The third-order valence-corrected chi connectivity index (χ3v) is 16.2. The molecule has 74 heavy (non-hydrogen) atoms. The number of methoxy groups -OCH3 is 2. The standard InChI is InChI=1S/C56H87N7O11/c1-12-38(6)51(60(9)53(69)41(36(2)3)32-44(64)50(37(4)5)59(8)27-19-25-57-55(71)58-26-30-62-47(66)23-24-48(62)67)46(72-10)33-49(68)61-28-18-22-43(61)52(73-11)39(7)45(65)35-56(54(70)63-29-16-17-31-74-63)34-42(56)40-20-14-13-15-21-40/h13-15,20-21,23-24,36-39,41-43,46,50-52H,12,16-19,22,25-35H2,1-11H3,(H2,57,58,71)/t38-,39-,41-,42+,43-,46+,50-,51-,52+,56-/m0/s1. The number of likely N-dealkylation sites (N-methyl/N-ethyl adjacent to an activating group) is 2. The third-order valence-electron chi connectivity index (χ3n) is 16.2. The predicted molar refractivity (Wildman–Crippen MR) is 280 cm³/mol. The fourth-order valence-electron chi connectivity index (χ4n) is 11.8. The SMILES string of the molecule is CC[C@H](C)[C@@H]([C@@H](CC(=O)N1CCC[C@H]1[C@H](OC)[C@@H](C)C(=O)C[C@@]1(C(=O)N2CCCCO2)C[C@@H]1c1ccccc1)OC)N(C)C(=O)[C@@H](CC(=O)[C@H](C(C)C)N(C)CCCNC(=O)NCCN1C(=O)C=CC1=O)C(C)C. The summed E-state index contributed by atoms with van der Waals surface area (Å²) in [4.78, 5) is 121. The van der Waals surface area contributed by atoms with E-state index >= 15 is 0 Å². The number of benzene rings is 1. The maximum Gasteiger partial charge on any atom is 0.314 e. The first kappa shape index (κ1) is 59.8. The number of carbonyl (C=O) groups is 8. The van der Waals surface area contributed by atoms with Crippen LogP contribution in [0.15, 0.2) is 42.5 Å². The molecule has 3 heterocycles. The van der Waals surface area contributed by atoms with Crippen LogP contribution < -0.4 is 10.6 Å². The van der Waals surface area contributed by atoms with Gasteiger partial charge >= 0.3 is 6.03 Å². The highest BCUT2D eigenvalue weighted by atomic mass is 16.7. The van der Waals surface area contributed by atoms with E-state index in [0.29, 0.717) is 58.5 Å². The summed E-state index contributed by atoms with van der Waals surface area (Å²) in [7, 11) is 6.76. The van der Waals surface area contributed by atoms with Crippen molar-refractivity contribution in [3.8, 4) is 0 Å². The van der Waals surface area contributed by atoms with Crippen molar-refractivity contribution in [1.29, 1.82) is 0 Å². The van der Waals surface area contributed by atoms with Gasteiger partial charge in [0.2, 0.25) is 11.8 Å². The number of ether oxygens (including phenoxy) is 2. The van der Waals surface area contributed by atoms with Gasteiger partial charge in [-0.05, 0) is 74.8 Å². The Hall–Kier alpha value is -5.04. The van der Waals surface area contributed by atoms with E-state index in [4.69, 9.17) is 14.3 Å². The predicted octanol–water partition coefficient (Wildman–Crippen LogP) is 5.40. The molecule has 7 amide bonds. The monoisotopic (exact) mass is 1030 g/mol. The largest absolute Gasteiger partial charge is 0.379 e. The number of rotatable bonds is 29. The highest BCUT2D eigenvalue weighted by Crippen LogP contribution is 2.63. The Balaban J connectivity index is 1.20. The molecule has 0 aromatic heterocycles. The van der Waals surface area contributed by atoms with Crippen LogP contribution in [-0.2, 0) is 47.9 Å². The van der Waals surface area contributed by atoms with Gasteiger partial charge in [-0.25, -0.2) is 9.86 Å². The van der Waals surface area contributed by atoms with Gasteiger partial charge in [0.15, 0.2) is 5.78 Å². The zero-order valence-corrected chi connectivity index (χ0v) is 46.1. The lowest BCUT2D eigenvalue weighted by atomic mass is 9.83. The highest BCUT2D eigenvalue weighted by molar-refractivity contribution is 6.12. The molecule has 5 rings (SSSR count). The maximum atomic E-state index is 14.8. The number of urea groups is 1. The molecule has 3 aliphatic heterocycles. The average Bonchev–Trinajstić information content (AvgIpc) is 3.73. The van der Waals surface area contributed by atoms with Crippen molar-refractivity contribution >= 4 is 47.1 Å². The van der Waals surface area contributed by atoms with E-state index in [1.807, 2.05) is 95.6 Å². The number of Topliss-reactive ketones (excluding diaryl/α,β-unsaturated/α-hetero) is 2. The van der Waals surface area contributed by atoms with Crippen molar-refractivity contribution in [1.82, 2.24) is 35.3 Å². The fourth-order valence-corrected chi connectivity index (χ4v) is 11.8. The highest BCUT2D eigenvalue weighted by Gasteiger charge is 2.63. The van der Waals surface area contributed by atoms with Crippen LogP contribution in [0, 0.1) is 35.0 Å². The minimum atomic E-state index is -0.911. The van der Waals surface area contributed by atoms with E-state index in [1.54, 1.807) is 26.2 Å². The Kier molecular flexibility index (Phi) is 22.4. The van der Waals surface area contributed by atoms with Crippen LogP contribution in [0.5, 0.6) is 0 Å². The molecular weight excluding hydrogens is 947 g/mol. The summed E-state index contributed by atoms with van der Waals surface area (Å²) in [5.41, 5.74) is 0.113. The lowest BCUT2D eigenvalue weighted by molar-refractivity contribution is -0.203. The first-order valence-corrected chi connectivity index (χ1v) is 27.1. The number of hydrogen-bond donors (Lipinski definition) is 2. The molecule has 2 saturated heterocycles. The fraction of sp³-hybridized carbons (Fsp3) is 0.714. The molecule has 18 heteroatoms. The molecule has 18 nitrogen and oxygen atoms in total. The van der Waals surface area contributed by atoms with E-state index in [9.17, 15) is 38.4 Å². The van der Waals surface area contributed by atoms with Gasteiger partial charge in [-0.2, -0.15) is 0 Å². The zero-order chi connectivity index (χ0) is 54.4. The lowest BCUT2D eigenvalue weighted by Crippen LogP contribution is -2.54. The van der Waals surface area contributed by atoms with Gasteiger partial charge in [0.25, 0.3) is 17.7 Å². The number of nitrogens with zero attached hydrogens (tertiary/aromatic N) is 5. The second-order valence-corrected chi connectivity index (χ2v) is 21.9. The van der Waals surface area contributed by atoms with Gasteiger partial charge in [0, 0.05) is 97.4 Å². The summed E-state index contributed by atoms with van der Waals surface area (Å²) < 4.78 is 12.3. The number of imide groups is 1. The Morgan fingerprint density at radius 2 is 1.51 bits per heavy atom. The number of likely N-dealkylation sites (tertiary alicyclic amines) is 1. The average molecular weight is 1030 g/mol. The number of ketones is 2. The van der Waals surface area contributed by atoms with Crippen LogP contribution in [-0.4, -0.2) is 176 Å². The Bertz CT molecular complexity index is 2110. The smallest absolute Gasteiger partial charge is 0.314 e. The molecule has 4 aliphatic rings. The number of nitrogens with one attached hydrogen (secondary N) is 2. The van der Waals surface area contributed by atoms with Gasteiger partial charge in [0.1, 0.15) is 5.78 Å². The quantitative estimate of drug-likeness (QED) is 0.0766. The molecule has 0 radical (unpaired) electrons. The van der Waals surface area contributed by atoms with Crippen LogP contribution in [0.2, 0.25) is 0 Å². The van der Waals surface area contributed by atoms with Crippen LogP contribution in [0.4, 0.5) is 4.79 Å². The van der Waals surface area contributed by atoms with Crippen molar-refractivity contribution in [3.63, 3.8) is 0 Å². The summed E-state index contributed by atoms with van der Waals surface area (Å²) >= 11 is 0. The molecule has 0 bridgehead atoms. The number of carbonyl (C=O) groups excluding carboxylic acids is 8. The minimum Gasteiger partial charge on any atom is -0.379 e.